The van der Waals surface area contributed by atoms with E-state index in [1.54, 1.807) is 6.26 Å². The van der Waals surface area contributed by atoms with Crippen molar-refractivity contribution in [1.82, 2.24) is 15.6 Å². The van der Waals surface area contributed by atoms with E-state index >= 15 is 0 Å². The van der Waals surface area contributed by atoms with Crippen LogP contribution < -0.4 is 10.6 Å². The van der Waals surface area contributed by atoms with E-state index in [9.17, 15) is 0 Å². The minimum atomic E-state index is 0.474. The molecule has 27 heavy (non-hydrogen) atoms. The van der Waals surface area contributed by atoms with Crippen molar-refractivity contribution in [3.05, 3.63) is 75.8 Å². The molecule has 0 bridgehead atoms. The average molecular weight is 431 g/mol. The lowest BCUT2D eigenvalue weighted by Crippen LogP contribution is -2.38. The second kappa shape index (κ2) is 9.41. The summed E-state index contributed by atoms with van der Waals surface area (Å²) in [4.78, 5) is 9.06. The highest BCUT2D eigenvalue weighted by atomic mass is 79.9. The van der Waals surface area contributed by atoms with Gasteiger partial charge in [-0.3, -0.25) is 0 Å². The molecule has 0 atom stereocenters. The summed E-state index contributed by atoms with van der Waals surface area (Å²) in [5.74, 6) is 3.13. The first kappa shape index (κ1) is 19.2. The second-order valence-electron chi connectivity index (χ2n) is 6.15. The minimum Gasteiger partial charge on any atom is -0.469 e. The summed E-state index contributed by atoms with van der Waals surface area (Å²) in [7, 11) is 0. The molecule has 142 valence electrons. The minimum absolute atomic E-state index is 0.474. The predicted octanol–water partition coefficient (Wildman–Crippen LogP) is 4.13. The lowest BCUT2D eigenvalue weighted by Gasteiger charge is -2.11. The molecule has 0 saturated heterocycles. The standard InChI is InChI=1S/C20H23BrN4O2/c1-14-15(2)27-19(25-14)13-24-20(22-10-9-18-4-3-11-26-18)23-12-16-5-7-17(21)8-6-16/h3-8,11H,9-10,12-13H2,1-2H3,(H2,22,23,24). The number of guanidine groups is 1. The number of aryl methyl sites for hydroxylation is 2. The molecule has 0 aliphatic rings. The van der Waals surface area contributed by atoms with Crippen LogP contribution in [0.4, 0.5) is 0 Å². The zero-order valence-electron chi connectivity index (χ0n) is 15.5. The molecule has 2 aromatic heterocycles. The third-order valence-corrected chi connectivity index (χ3v) is 4.59. The van der Waals surface area contributed by atoms with Crippen LogP contribution in [-0.4, -0.2) is 17.5 Å². The van der Waals surface area contributed by atoms with Crippen molar-refractivity contribution >= 4 is 21.9 Å². The number of nitrogens with one attached hydrogen (secondary N) is 2. The molecule has 7 heteroatoms. The zero-order chi connectivity index (χ0) is 19.1. The van der Waals surface area contributed by atoms with Crippen LogP contribution in [0.25, 0.3) is 0 Å². The van der Waals surface area contributed by atoms with Gasteiger partial charge in [-0.05, 0) is 43.7 Å². The highest BCUT2D eigenvalue weighted by molar-refractivity contribution is 9.10. The highest BCUT2D eigenvalue weighted by Gasteiger charge is 2.07. The quantitative estimate of drug-likeness (QED) is 0.435. The van der Waals surface area contributed by atoms with E-state index in [-0.39, 0.29) is 0 Å². The van der Waals surface area contributed by atoms with Gasteiger partial charge in [0.05, 0.1) is 25.0 Å². The molecule has 2 N–H and O–H groups in total. The maximum absolute atomic E-state index is 5.63. The van der Waals surface area contributed by atoms with Gasteiger partial charge in [0, 0.05) is 17.4 Å². The fraction of sp³-hybridized carbons (Fsp3) is 0.300. The smallest absolute Gasteiger partial charge is 0.214 e. The molecule has 3 rings (SSSR count). The first-order valence-electron chi connectivity index (χ1n) is 8.82. The van der Waals surface area contributed by atoms with Crippen molar-refractivity contribution in [3.63, 3.8) is 0 Å². The number of nitrogens with zero attached hydrogens (tertiary/aromatic N) is 2. The third kappa shape index (κ3) is 5.99. The van der Waals surface area contributed by atoms with Crippen LogP contribution in [0, 0.1) is 13.8 Å². The largest absolute Gasteiger partial charge is 0.469 e. The number of aliphatic imine (C=N–C) groups is 1. The van der Waals surface area contributed by atoms with Crippen molar-refractivity contribution in [2.24, 2.45) is 4.99 Å². The summed E-state index contributed by atoms with van der Waals surface area (Å²) in [6.07, 6.45) is 2.46. The number of hydrogen-bond acceptors (Lipinski definition) is 4. The monoisotopic (exact) mass is 430 g/mol. The lowest BCUT2D eigenvalue weighted by atomic mass is 10.2. The summed E-state index contributed by atoms with van der Waals surface area (Å²) in [6.45, 7) is 5.61. The van der Waals surface area contributed by atoms with Crippen molar-refractivity contribution in [3.8, 4) is 0 Å². The van der Waals surface area contributed by atoms with Crippen LogP contribution in [-0.2, 0) is 19.5 Å². The van der Waals surface area contributed by atoms with E-state index in [4.69, 9.17) is 8.83 Å². The van der Waals surface area contributed by atoms with Crippen LogP contribution in [0.15, 0.2) is 61.0 Å². The van der Waals surface area contributed by atoms with Gasteiger partial charge in [-0.25, -0.2) is 9.98 Å². The third-order valence-electron chi connectivity index (χ3n) is 4.06. The molecule has 0 aliphatic carbocycles. The molecule has 0 unspecified atom stereocenters. The predicted molar refractivity (Wildman–Crippen MR) is 109 cm³/mol. The molecule has 0 spiro atoms. The fourth-order valence-electron chi connectivity index (χ4n) is 2.47. The number of oxazole rings is 1. The van der Waals surface area contributed by atoms with Crippen LogP contribution in [0.1, 0.15) is 28.7 Å². The van der Waals surface area contributed by atoms with Crippen molar-refractivity contribution < 1.29 is 8.83 Å². The maximum atomic E-state index is 5.63. The van der Waals surface area contributed by atoms with E-state index in [1.165, 1.54) is 0 Å². The lowest BCUT2D eigenvalue weighted by molar-refractivity contribution is 0.463. The molecular weight excluding hydrogens is 408 g/mol. The van der Waals surface area contributed by atoms with Gasteiger partial charge in [0.25, 0.3) is 0 Å². The number of hydrogen-bond donors (Lipinski definition) is 2. The number of halogens is 1. The summed E-state index contributed by atoms with van der Waals surface area (Å²) in [5.41, 5.74) is 2.04. The Morgan fingerprint density at radius 1 is 1.15 bits per heavy atom. The molecule has 1 aromatic carbocycles. The van der Waals surface area contributed by atoms with E-state index in [2.05, 4.69) is 48.7 Å². The van der Waals surface area contributed by atoms with Gasteiger partial charge in [-0.2, -0.15) is 0 Å². The van der Waals surface area contributed by atoms with Gasteiger partial charge in [0.2, 0.25) is 5.89 Å². The van der Waals surface area contributed by atoms with Crippen LogP contribution >= 0.6 is 15.9 Å². The number of furan rings is 1. The molecule has 6 nitrogen and oxygen atoms in total. The average Bonchev–Trinajstić information content (AvgIpc) is 3.28. The highest BCUT2D eigenvalue weighted by Crippen LogP contribution is 2.11. The Labute approximate surface area is 167 Å². The Hall–Kier alpha value is -2.54. The Morgan fingerprint density at radius 2 is 1.96 bits per heavy atom. The van der Waals surface area contributed by atoms with Crippen LogP contribution in [0.5, 0.6) is 0 Å². The van der Waals surface area contributed by atoms with Crippen molar-refractivity contribution in [2.75, 3.05) is 6.54 Å². The summed E-state index contributed by atoms with van der Waals surface area (Å²) in [6, 6.07) is 12.0. The van der Waals surface area contributed by atoms with Gasteiger partial charge in [0.15, 0.2) is 5.96 Å². The number of aromatic nitrogens is 1. The fourth-order valence-corrected chi connectivity index (χ4v) is 2.73. The molecule has 0 radical (unpaired) electrons. The van der Waals surface area contributed by atoms with E-state index in [1.807, 2.05) is 38.1 Å². The first-order valence-corrected chi connectivity index (χ1v) is 9.61. The SMILES string of the molecule is Cc1nc(CNC(=NCc2ccc(Br)cc2)NCCc2ccco2)oc1C. The van der Waals surface area contributed by atoms with Crippen molar-refractivity contribution in [2.45, 2.75) is 33.4 Å². The Bertz CT molecular complexity index is 851. The van der Waals surface area contributed by atoms with E-state index in [0.717, 1.165) is 33.7 Å². The summed E-state index contributed by atoms with van der Waals surface area (Å²) >= 11 is 3.45. The number of benzene rings is 1. The molecule has 0 fully saturated rings. The topological polar surface area (TPSA) is 75.6 Å². The normalized spacial score (nSPS) is 11.6. The van der Waals surface area contributed by atoms with Crippen LogP contribution in [0.3, 0.4) is 0 Å². The summed E-state index contributed by atoms with van der Waals surface area (Å²) < 4.78 is 12.1. The second-order valence-corrected chi connectivity index (χ2v) is 7.07. The zero-order valence-corrected chi connectivity index (χ0v) is 17.0. The van der Waals surface area contributed by atoms with Gasteiger partial charge in [-0.15, -0.1) is 0 Å². The Kier molecular flexibility index (Phi) is 6.70. The van der Waals surface area contributed by atoms with Crippen LogP contribution in [0.2, 0.25) is 0 Å². The molecule has 0 aliphatic heterocycles. The Balaban J connectivity index is 1.60. The molecule has 2 heterocycles. The molecular formula is C20H23BrN4O2. The maximum Gasteiger partial charge on any atom is 0.214 e. The van der Waals surface area contributed by atoms with Gasteiger partial charge >= 0.3 is 0 Å². The number of rotatable bonds is 7. The first-order chi connectivity index (χ1) is 13.1. The van der Waals surface area contributed by atoms with Gasteiger partial charge in [-0.1, -0.05) is 28.1 Å². The molecule has 0 amide bonds. The summed E-state index contributed by atoms with van der Waals surface area (Å²) in [5, 5.41) is 6.61. The van der Waals surface area contributed by atoms with Crippen molar-refractivity contribution in [1.29, 1.82) is 0 Å². The van der Waals surface area contributed by atoms with E-state index in [0.29, 0.717) is 31.5 Å². The van der Waals surface area contributed by atoms with Gasteiger partial charge in [0.1, 0.15) is 11.5 Å². The molecule has 3 aromatic rings. The van der Waals surface area contributed by atoms with E-state index < -0.39 is 0 Å². The Morgan fingerprint density at radius 3 is 2.63 bits per heavy atom. The molecule has 0 saturated carbocycles. The van der Waals surface area contributed by atoms with Gasteiger partial charge < -0.3 is 19.5 Å².